The number of carbonyl (C=O) groups is 2. The van der Waals surface area contributed by atoms with Gasteiger partial charge in [-0.15, -0.1) is 0 Å². The summed E-state index contributed by atoms with van der Waals surface area (Å²) >= 11 is 5.79. The molecule has 120 valence electrons. The van der Waals surface area contributed by atoms with Crippen LogP contribution in [0.25, 0.3) is 0 Å². The quantitative estimate of drug-likeness (QED) is 0.847. The molecule has 4 nitrogen and oxygen atoms in total. The SMILES string of the molecule is C[C@@H]1CCCC[C@@H]1NC(=O)COC(=O)Cc1ccc(Cl)cc1. The van der Waals surface area contributed by atoms with E-state index in [-0.39, 0.29) is 25.0 Å². The molecule has 1 aromatic rings. The highest BCUT2D eigenvalue weighted by Crippen LogP contribution is 2.23. The molecule has 2 rings (SSSR count). The van der Waals surface area contributed by atoms with E-state index in [4.69, 9.17) is 16.3 Å². The molecule has 1 aliphatic carbocycles. The molecule has 1 saturated carbocycles. The van der Waals surface area contributed by atoms with E-state index in [9.17, 15) is 9.59 Å². The van der Waals surface area contributed by atoms with Gasteiger partial charge in [0.2, 0.25) is 0 Å². The third-order valence-corrected chi connectivity index (χ3v) is 4.34. The van der Waals surface area contributed by atoms with E-state index in [1.165, 1.54) is 6.42 Å². The number of hydrogen-bond donors (Lipinski definition) is 1. The number of amides is 1. The van der Waals surface area contributed by atoms with Gasteiger partial charge in [-0.1, -0.05) is 43.5 Å². The summed E-state index contributed by atoms with van der Waals surface area (Å²) in [5, 5.41) is 3.58. The number of ether oxygens (including phenoxy) is 1. The highest BCUT2D eigenvalue weighted by atomic mass is 35.5. The molecule has 0 aliphatic heterocycles. The summed E-state index contributed by atoms with van der Waals surface area (Å²) in [4.78, 5) is 23.6. The Labute approximate surface area is 136 Å². The van der Waals surface area contributed by atoms with E-state index in [0.717, 1.165) is 24.8 Å². The lowest BCUT2D eigenvalue weighted by atomic mass is 9.86. The first-order chi connectivity index (χ1) is 10.5. The van der Waals surface area contributed by atoms with E-state index in [1.54, 1.807) is 24.3 Å². The molecule has 0 aromatic heterocycles. The van der Waals surface area contributed by atoms with E-state index in [2.05, 4.69) is 12.2 Å². The fourth-order valence-corrected chi connectivity index (χ4v) is 2.87. The van der Waals surface area contributed by atoms with Gasteiger partial charge in [-0.25, -0.2) is 0 Å². The maximum absolute atomic E-state index is 11.9. The van der Waals surface area contributed by atoms with Gasteiger partial charge in [0.05, 0.1) is 6.42 Å². The van der Waals surface area contributed by atoms with Gasteiger partial charge in [-0.3, -0.25) is 9.59 Å². The van der Waals surface area contributed by atoms with Crippen molar-refractivity contribution in [3.05, 3.63) is 34.9 Å². The summed E-state index contributed by atoms with van der Waals surface area (Å²) in [5.74, 6) is -0.139. The zero-order chi connectivity index (χ0) is 15.9. The van der Waals surface area contributed by atoms with Crippen LogP contribution < -0.4 is 5.32 Å². The minimum Gasteiger partial charge on any atom is -0.455 e. The van der Waals surface area contributed by atoms with Crippen molar-refractivity contribution < 1.29 is 14.3 Å². The molecule has 5 heteroatoms. The van der Waals surface area contributed by atoms with Crippen molar-refractivity contribution in [3.63, 3.8) is 0 Å². The molecule has 1 N–H and O–H groups in total. The average Bonchev–Trinajstić information content (AvgIpc) is 2.50. The first kappa shape index (κ1) is 16.8. The van der Waals surface area contributed by atoms with Gasteiger partial charge in [0.25, 0.3) is 5.91 Å². The van der Waals surface area contributed by atoms with E-state index >= 15 is 0 Å². The Balaban J connectivity index is 1.71. The molecular formula is C17H22ClNO3. The fourth-order valence-electron chi connectivity index (χ4n) is 2.75. The molecule has 22 heavy (non-hydrogen) atoms. The predicted octanol–water partition coefficient (Wildman–Crippen LogP) is 3.12. The number of esters is 1. The highest BCUT2D eigenvalue weighted by Gasteiger charge is 2.23. The van der Waals surface area contributed by atoms with Crippen LogP contribution in [0.3, 0.4) is 0 Å². The smallest absolute Gasteiger partial charge is 0.310 e. The van der Waals surface area contributed by atoms with Crippen molar-refractivity contribution in [2.24, 2.45) is 5.92 Å². The first-order valence-electron chi connectivity index (χ1n) is 7.74. The Morgan fingerprint density at radius 3 is 2.59 bits per heavy atom. The third kappa shape index (κ3) is 5.34. The molecule has 1 aliphatic rings. The van der Waals surface area contributed by atoms with Crippen molar-refractivity contribution in [1.82, 2.24) is 5.32 Å². The maximum Gasteiger partial charge on any atom is 0.310 e. The Bertz CT molecular complexity index is 515. The molecule has 0 radical (unpaired) electrons. The minimum absolute atomic E-state index is 0.143. The van der Waals surface area contributed by atoms with Crippen LogP contribution in [0.1, 0.15) is 38.2 Å². The third-order valence-electron chi connectivity index (χ3n) is 4.08. The normalized spacial score (nSPS) is 21.2. The van der Waals surface area contributed by atoms with Crippen LogP contribution >= 0.6 is 11.6 Å². The Morgan fingerprint density at radius 1 is 1.23 bits per heavy atom. The van der Waals surface area contributed by atoms with Crippen LogP contribution in [0.5, 0.6) is 0 Å². The summed E-state index contributed by atoms with van der Waals surface area (Å²) in [7, 11) is 0. The second-order valence-corrected chi connectivity index (χ2v) is 6.34. The predicted molar refractivity (Wildman–Crippen MR) is 85.7 cm³/mol. The Kier molecular flexibility index (Phi) is 6.25. The summed E-state index contributed by atoms with van der Waals surface area (Å²) < 4.78 is 5.03. The molecule has 0 spiro atoms. The van der Waals surface area contributed by atoms with Crippen molar-refractivity contribution >= 4 is 23.5 Å². The van der Waals surface area contributed by atoms with Crippen LogP contribution in [0.4, 0.5) is 0 Å². The number of hydrogen-bond acceptors (Lipinski definition) is 3. The standard InChI is InChI=1S/C17H22ClNO3/c1-12-4-2-3-5-15(12)19-16(20)11-22-17(21)10-13-6-8-14(18)9-7-13/h6-9,12,15H,2-5,10-11H2,1H3,(H,19,20)/t12-,15+/m1/s1. The Hall–Kier alpha value is -1.55. The average molecular weight is 324 g/mol. The monoisotopic (exact) mass is 323 g/mol. The summed E-state index contributed by atoms with van der Waals surface area (Å²) in [6, 6.07) is 7.19. The van der Waals surface area contributed by atoms with Gasteiger partial charge in [0.15, 0.2) is 6.61 Å². The summed E-state index contributed by atoms with van der Waals surface area (Å²) in [5.41, 5.74) is 0.815. The van der Waals surface area contributed by atoms with Gasteiger partial charge < -0.3 is 10.1 Å². The van der Waals surface area contributed by atoms with Gasteiger partial charge in [0, 0.05) is 11.1 Å². The van der Waals surface area contributed by atoms with E-state index < -0.39 is 5.97 Å². The number of benzene rings is 1. The van der Waals surface area contributed by atoms with Crippen LogP contribution in [0.2, 0.25) is 5.02 Å². The number of nitrogens with one attached hydrogen (secondary N) is 1. The van der Waals surface area contributed by atoms with Crippen LogP contribution in [0.15, 0.2) is 24.3 Å². The van der Waals surface area contributed by atoms with Crippen LogP contribution in [-0.2, 0) is 20.7 Å². The summed E-state index contributed by atoms with van der Waals surface area (Å²) in [6.07, 6.45) is 4.66. The van der Waals surface area contributed by atoms with Crippen molar-refractivity contribution in [2.75, 3.05) is 6.61 Å². The molecule has 1 aromatic carbocycles. The molecule has 0 heterocycles. The zero-order valence-electron chi connectivity index (χ0n) is 12.8. The van der Waals surface area contributed by atoms with Crippen molar-refractivity contribution in [2.45, 2.75) is 45.1 Å². The molecule has 0 saturated heterocycles. The second-order valence-electron chi connectivity index (χ2n) is 5.90. The molecule has 0 bridgehead atoms. The van der Waals surface area contributed by atoms with E-state index in [0.29, 0.717) is 10.9 Å². The first-order valence-corrected chi connectivity index (χ1v) is 8.12. The lowest BCUT2D eigenvalue weighted by Gasteiger charge is -2.29. The Morgan fingerprint density at radius 2 is 1.91 bits per heavy atom. The second kappa shape index (κ2) is 8.18. The molecule has 2 atom stereocenters. The number of rotatable bonds is 5. The van der Waals surface area contributed by atoms with E-state index in [1.807, 2.05) is 0 Å². The molecule has 1 amide bonds. The maximum atomic E-state index is 11.9. The van der Waals surface area contributed by atoms with Gasteiger partial charge in [-0.05, 0) is 36.5 Å². The van der Waals surface area contributed by atoms with Crippen LogP contribution in [-0.4, -0.2) is 24.5 Å². The molecule has 0 unspecified atom stereocenters. The number of halogens is 1. The topological polar surface area (TPSA) is 55.4 Å². The lowest BCUT2D eigenvalue weighted by Crippen LogP contribution is -2.42. The summed E-state index contributed by atoms with van der Waals surface area (Å²) in [6.45, 7) is 1.94. The van der Waals surface area contributed by atoms with Gasteiger partial charge in [0.1, 0.15) is 0 Å². The molecule has 1 fully saturated rings. The van der Waals surface area contributed by atoms with Crippen molar-refractivity contribution in [1.29, 1.82) is 0 Å². The lowest BCUT2D eigenvalue weighted by molar-refractivity contribution is -0.148. The number of carbonyl (C=O) groups excluding carboxylic acids is 2. The minimum atomic E-state index is -0.408. The fraction of sp³-hybridized carbons (Fsp3) is 0.529. The van der Waals surface area contributed by atoms with Gasteiger partial charge in [-0.2, -0.15) is 0 Å². The largest absolute Gasteiger partial charge is 0.455 e. The zero-order valence-corrected chi connectivity index (χ0v) is 13.6. The molecular weight excluding hydrogens is 302 g/mol. The highest BCUT2D eigenvalue weighted by molar-refractivity contribution is 6.30. The van der Waals surface area contributed by atoms with Crippen molar-refractivity contribution in [3.8, 4) is 0 Å². The van der Waals surface area contributed by atoms with Gasteiger partial charge >= 0.3 is 5.97 Å². The van der Waals surface area contributed by atoms with Crippen LogP contribution in [0, 0.1) is 5.92 Å².